The zero-order chi connectivity index (χ0) is 18.3. The maximum atomic E-state index is 12.8. The summed E-state index contributed by atoms with van der Waals surface area (Å²) >= 11 is 0. The van der Waals surface area contributed by atoms with Gasteiger partial charge in [0.1, 0.15) is 0 Å². The summed E-state index contributed by atoms with van der Waals surface area (Å²) < 4.78 is 29.4. The molecule has 1 saturated heterocycles. The van der Waals surface area contributed by atoms with E-state index in [9.17, 15) is 18.3 Å². The van der Waals surface area contributed by atoms with Crippen molar-refractivity contribution in [3.8, 4) is 0 Å². The number of hydrogen-bond acceptors (Lipinski definition) is 5. The summed E-state index contributed by atoms with van der Waals surface area (Å²) in [7, 11) is -3.88. The van der Waals surface area contributed by atoms with E-state index < -0.39 is 33.2 Å². The van der Waals surface area contributed by atoms with Crippen LogP contribution in [-0.2, 0) is 15.0 Å². The van der Waals surface area contributed by atoms with Crippen molar-refractivity contribution >= 4 is 23.1 Å². The van der Waals surface area contributed by atoms with E-state index in [1.54, 1.807) is 25.0 Å². The molecule has 0 amide bonds. The molecule has 136 valence electrons. The molecule has 25 heavy (non-hydrogen) atoms. The van der Waals surface area contributed by atoms with Gasteiger partial charge in [0.25, 0.3) is 0 Å². The summed E-state index contributed by atoms with van der Waals surface area (Å²) in [5.74, 6) is 1.75. The molecule has 2 atom stereocenters. The number of carbonyl (C=O) groups is 1. The van der Waals surface area contributed by atoms with Gasteiger partial charge in [-0.05, 0) is 0 Å². The maximum absolute atomic E-state index is 12.8. The van der Waals surface area contributed by atoms with Crippen LogP contribution < -0.4 is 16.2 Å². The van der Waals surface area contributed by atoms with Crippen LogP contribution in [0, 0.1) is 0 Å². The molecular formula is C15H23BN4O4S. The molecule has 0 radical (unpaired) electrons. The van der Waals surface area contributed by atoms with Crippen molar-refractivity contribution in [2.45, 2.75) is 36.3 Å². The van der Waals surface area contributed by atoms with Crippen molar-refractivity contribution in [3.05, 3.63) is 29.6 Å². The molecule has 0 spiro atoms. The summed E-state index contributed by atoms with van der Waals surface area (Å²) in [6.45, 7) is 1.74. The topological polar surface area (TPSA) is 139 Å². The van der Waals surface area contributed by atoms with Gasteiger partial charge in [0.2, 0.25) is 0 Å². The van der Waals surface area contributed by atoms with Crippen molar-refractivity contribution in [2.75, 3.05) is 19.6 Å². The van der Waals surface area contributed by atoms with Gasteiger partial charge in [0.05, 0.1) is 0 Å². The molecule has 2 unspecified atom stereocenters. The summed E-state index contributed by atoms with van der Waals surface area (Å²) in [5.41, 5.74) is 10.3. The fourth-order valence-corrected chi connectivity index (χ4v) is 5.30. The molecule has 10 heteroatoms. The number of nitrogens with zero attached hydrogens (tertiary/aromatic N) is 1. The Morgan fingerprint density at radius 2 is 2.20 bits per heavy atom. The van der Waals surface area contributed by atoms with E-state index in [0.717, 1.165) is 10.7 Å². The number of nitrogens with one attached hydrogen (secondary N) is 1. The van der Waals surface area contributed by atoms with Crippen molar-refractivity contribution in [2.24, 2.45) is 11.5 Å². The van der Waals surface area contributed by atoms with Gasteiger partial charge in [-0.3, -0.25) is 0 Å². The number of hydrogen-bond donors (Lipinski definition) is 4. The predicted molar refractivity (Wildman–Crippen MR) is 94.3 cm³/mol. The second kappa shape index (κ2) is 6.44. The molecule has 8 nitrogen and oxygen atoms in total. The molecular weight excluding hydrogens is 343 g/mol. The summed E-state index contributed by atoms with van der Waals surface area (Å²) in [4.78, 5) is 11.8. The Balaban J connectivity index is 1.88. The van der Waals surface area contributed by atoms with Crippen LogP contribution in [0.2, 0.25) is 0 Å². The van der Waals surface area contributed by atoms with E-state index in [0.29, 0.717) is 18.4 Å². The van der Waals surface area contributed by atoms with Crippen LogP contribution in [0.25, 0.3) is 0 Å². The molecule has 3 rings (SSSR count). The standard InChI is InChI=1S/C15H23BN4O4S/c17-9-14(4-2-5-14)19-25(23,24)20-8-12(11-3-1-6-16-7-11)15(18,10-20)13(21)22/h1,3,6-7,12,19H,2,4-5,8-10,17-18H2,(H,21,22). The van der Waals surface area contributed by atoms with Crippen LogP contribution in [0.1, 0.15) is 30.7 Å². The Hall–Kier alpha value is -1.33. The fourth-order valence-electron chi connectivity index (χ4n) is 3.61. The quantitative estimate of drug-likeness (QED) is 0.505. The van der Waals surface area contributed by atoms with Crippen molar-refractivity contribution in [1.29, 1.82) is 0 Å². The third kappa shape index (κ3) is 3.24. The van der Waals surface area contributed by atoms with Crippen molar-refractivity contribution in [1.82, 2.24) is 9.03 Å². The number of nitrogens with two attached hydrogens (primary N) is 2. The minimum atomic E-state index is -3.88. The average molecular weight is 366 g/mol. The zero-order valence-corrected chi connectivity index (χ0v) is 14.7. The number of rotatable bonds is 6. The van der Waals surface area contributed by atoms with Crippen LogP contribution in [0.4, 0.5) is 0 Å². The molecule has 2 fully saturated rings. The molecule has 1 aliphatic carbocycles. The van der Waals surface area contributed by atoms with Crippen molar-refractivity contribution < 1.29 is 18.3 Å². The van der Waals surface area contributed by atoms with Gasteiger partial charge >= 0.3 is 147 Å². The van der Waals surface area contributed by atoms with E-state index in [1.807, 2.05) is 5.96 Å². The van der Waals surface area contributed by atoms with Crippen LogP contribution in [0.15, 0.2) is 24.1 Å². The van der Waals surface area contributed by atoms with Gasteiger partial charge < -0.3 is 0 Å². The van der Waals surface area contributed by atoms with Gasteiger partial charge in [-0.15, -0.1) is 0 Å². The number of carboxylic acids is 1. The molecule has 6 N–H and O–H groups in total. The van der Waals surface area contributed by atoms with Gasteiger partial charge in [0, 0.05) is 0 Å². The third-order valence-corrected chi connectivity index (χ3v) is 7.08. The van der Waals surface area contributed by atoms with Crippen LogP contribution in [-0.4, -0.2) is 61.4 Å². The summed E-state index contributed by atoms with van der Waals surface area (Å²) in [6, 6.07) is 3.55. The zero-order valence-electron chi connectivity index (χ0n) is 13.9. The molecule has 1 aromatic rings. The molecule has 2 heterocycles. The summed E-state index contributed by atoms with van der Waals surface area (Å²) in [6.07, 6.45) is 2.29. The normalized spacial score (nSPS) is 29.1. The SMILES string of the molecule is NCC1(NS(=O)(=O)N2CC(c3cbccc3)C(N)(C(=O)O)C2)CCC1. The van der Waals surface area contributed by atoms with Crippen LogP contribution in [0.3, 0.4) is 0 Å². The molecule has 0 bridgehead atoms. The molecule has 1 aliphatic heterocycles. The van der Waals surface area contributed by atoms with Gasteiger partial charge in [-0.25, -0.2) is 0 Å². The molecule has 2 aliphatic rings. The van der Waals surface area contributed by atoms with E-state index >= 15 is 0 Å². The van der Waals surface area contributed by atoms with E-state index in [4.69, 9.17) is 11.5 Å². The Morgan fingerprint density at radius 1 is 1.48 bits per heavy atom. The molecule has 0 aromatic carbocycles. The first-order chi connectivity index (χ1) is 11.7. The first kappa shape index (κ1) is 18.5. The number of carboxylic acid groups (broad SMARTS) is 1. The van der Waals surface area contributed by atoms with Crippen molar-refractivity contribution in [3.63, 3.8) is 0 Å². The molecule has 1 aromatic heterocycles. The fraction of sp³-hybridized carbons (Fsp3) is 0.600. The summed E-state index contributed by atoms with van der Waals surface area (Å²) in [5, 5.41) is 9.64. The Labute approximate surface area is 148 Å². The van der Waals surface area contributed by atoms with Gasteiger partial charge in [0.15, 0.2) is 0 Å². The third-order valence-electron chi connectivity index (χ3n) is 5.43. The second-order valence-corrected chi connectivity index (χ2v) is 8.72. The first-order valence-corrected chi connectivity index (χ1v) is 9.73. The Kier molecular flexibility index (Phi) is 4.76. The monoisotopic (exact) mass is 366 g/mol. The van der Waals surface area contributed by atoms with Crippen LogP contribution in [0.5, 0.6) is 0 Å². The Morgan fingerprint density at radius 3 is 2.68 bits per heavy atom. The van der Waals surface area contributed by atoms with Gasteiger partial charge in [-0.1, -0.05) is 0 Å². The average Bonchev–Trinajstić information content (AvgIpc) is 2.92. The van der Waals surface area contributed by atoms with E-state index in [2.05, 4.69) is 4.72 Å². The first-order valence-electron chi connectivity index (χ1n) is 8.29. The minimum absolute atomic E-state index is 0.0167. The molecule has 1 saturated carbocycles. The van der Waals surface area contributed by atoms with E-state index in [-0.39, 0.29) is 19.6 Å². The van der Waals surface area contributed by atoms with E-state index in [1.165, 1.54) is 0 Å². The number of aliphatic carboxylic acids is 1. The van der Waals surface area contributed by atoms with Gasteiger partial charge in [-0.2, -0.15) is 0 Å². The van der Waals surface area contributed by atoms with Crippen LogP contribution >= 0.6 is 0 Å². The predicted octanol–water partition coefficient (Wildman–Crippen LogP) is -1.08. The second-order valence-electron chi connectivity index (χ2n) is 7.05. The Bertz CT molecular complexity index is 751.